The van der Waals surface area contributed by atoms with Gasteiger partial charge in [-0.05, 0) is 12.8 Å². The van der Waals surface area contributed by atoms with Crippen LogP contribution in [-0.4, -0.2) is 46.1 Å². The van der Waals surface area contributed by atoms with Gasteiger partial charge in [-0.2, -0.15) is 0 Å². The van der Waals surface area contributed by atoms with Crippen LogP contribution in [0.3, 0.4) is 0 Å². The van der Waals surface area contributed by atoms with Crippen molar-refractivity contribution >= 4 is 5.91 Å². The highest BCUT2D eigenvalue weighted by Gasteiger charge is 2.26. The SMILES string of the molecule is CCCCCCCCCCCCCCCCCCCCCCCCCCCCCCCCCC(=O)NC(CO)C(O)C(O)CCCCCCCCCC. The molecule has 0 bridgehead atoms. The first-order valence-electron chi connectivity index (χ1n) is 24.3. The Morgan fingerprint density at radius 3 is 0.906 bits per heavy atom. The molecule has 0 aliphatic carbocycles. The highest BCUT2D eigenvalue weighted by atomic mass is 16.3. The van der Waals surface area contributed by atoms with Gasteiger partial charge in [0.05, 0.1) is 18.8 Å². The van der Waals surface area contributed by atoms with Crippen molar-refractivity contribution in [3.05, 3.63) is 0 Å². The Morgan fingerprint density at radius 2 is 0.642 bits per heavy atom. The zero-order chi connectivity index (χ0) is 38.7. The molecule has 0 aromatic rings. The van der Waals surface area contributed by atoms with Crippen LogP contribution >= 0.6 is 0 Å². The fourth-order valence-corrected chi connectivity index (χ4v) is 7.93. The fourth-order valence-electron chi connectivity index (χ4n) is 7.93. The van der Waals surface area contributed by atoms with Crippen molar-refractivity contribution in [2.24, 2.45) is 0 Å². The summed E-state index contributed by atoms with van der Waals surface area (Å²) in [5.41, 5.74) is 0. The highest BCUT2D eigenvalue weighted by Crippen LogP contribution is 2.18. The molecule has 3 atom stereocenters. The topological polar surface area (TPSA) is 89.8 Å². The number of rotatable bonds is 45. The molecular weight excluding hydrogens is 655 g/mol. The summed E-state index contributed by atoms with van der Waals surface area (Å²) in [6.45, 7) is 4.16. The first-order valence-corrected chi connectivity index (χ1v) is 24.3. The molecule has 0 aliphatic rings. The van der Waals surface area contributed by atoms with Crippen molar-refractivity contribution < 1.29 is 20.1 Å². The zero-order valence-corrected chi connectivity index (χ0v) is 36.2. The molecule has 0 radical (unpaired) electrons. The second kappa shape index (κ2) is 44.1. The maximum absolute atomic E-state index is 12.4. The minimum absolute atomic E-state index is 0.141. The minimum atomic E-state index is -1.13. The summed E-state index contributed by atoms with van der Waals surface area (Å²) in [6, 6.07) is -0.801. The van der Waals surface area contributed by atoms with Crippen molar-refractivity contribution in [3.63, 3.8) is 0 Å². The van der Waals surface area contributed by atoms with E-state index in [2.05, 4.69) is 19.2 Å². The minimum Gasteiger partial charge on any atom is -0.394 e. The largest absolute Gasteiger partial charge is 0.394 e. The lowest BCUT2D eigenvalue weighted by atomic mass is 9.99. The Hall–Kier alpha value is -0.650. The summed E-state index contributed by atoms with van der Waals surface area (Å²) in [6.07, 6.45) is 51.2. The van der Waals surface area contributed by atoms with Crippen LogP contribution in [0.1, 0.15) is 277 Å². The fraction of sp³-hybridized carbons (Fsp3) is 0.979. The van der Waals surface area contributed by atoms with Crippen LogP contribution < -0.4 is 5.32 Å². The molecule has 0 aromatic carbocycles. The molecule has 0 aromatic heterocycles. The van der Waals surface area contributed by atoms with Crippen LogP contribution in [0.25, 0.3) is 0 Å². The molecule has 0 spiro atoms. The Labute approximate surface area is 332 Å². The van der Waals surface area contributed by atoms with Crippen LogP contribution in [0.2, 0.25) is 0 Å². The molecule has 0 saturated heterocycles. The van der Waals surface area contributed by atoms with Crippen LogP contribution in [0.15, 0.2) is 0 Å². The first kappa shape index (κ1) is 52.3. The molecule has 0 aliphatic heterocycles. The molecular formula is C48H97NO4. The second-order valence-corrected chi connectivity index (χ2v) is 17.0. The summed E-state index contributed by atoms with van der Waals surface area (Å²) < 4.78 is 0. The quantitative estimate of drug-likeness (QED) is 0.0466. The van der Waals surface area contributed by atoms with E-state index < -0.39 is 18.2 Å². The number of carbonyl (C=O) groups excluding carboxylic acids is 1. The first-order chi connectivity index (χ1) is 26.1. The highest BCUT2D eigenvalue weighted by molar-refractivity contribution is 5.76. The number of hydrogen-bond acceptors (Lipinski definition) is 4. The molecule has 0 saturated carbocycles. The van der Waals surface area contributed by atoms with Gasteiger partial charge in [0.25, 0.3) is 0 Å². The number of aliphatic hydroxyl groups excluding tert-OH is 3. The van der Waals surface area contributed by atoms with Crippen LogP contribution in [0.4, 0.5) is 0 Å². The molecule has 3 unspecified atom stereocenters. The number of unbranched alkanes of at least 4 members (excludes halogenated alkanes) is 37. The average Bonchev–Trinajstić information content (AvgIpc) is 3.16. The van der Waals surface area contributed by atoms with Gasteiger partial charge in [-0.25, -0.2) is 0 Å². The number of hydrogen-bond donors (Lipinski definition) is 4. The monoisotopic (exact) mass is 752 g/mol. The molecule has 5 heteroatoms. The van der Waals surface area contributed by atoms with Gasteiger partial charge in [-0.1, -0.05) is 258 Å². The Kier molecular flexibility index (Phi) is 43.5. The average molecular weight is 752 g/mol. The van der Waals surface area contributed by atoms with E-state index in [9.17, 15) is 20.1 Å². The molecule has 0 fully saturated rings. The molecule has 318 valence electrons. The summed E-state index contributed by atoms with van der Waals surface area (Å²) in [5.74, 6) is -0.141. The van der Waals surface area contributed by atoms with Crippen LogP contribution in [0.5, 0.6) is 0 Å². The van der Waals surface area contributed by atoms with E-state index in [4.69, 9.17) is 0 Å². The zero-order valence-electron chi connectivity index (χ0n) is 36.2. The van der Waals surface area contributed by atoms with E-state index in [0.29, 0.717) is 12.8 Å². The summed E-state index contributed by atoms with van der Waals surface area (Å²) in [5, 5.41) is 33.3. The van der Waals surface area contributed by atoms with E-state index >= 15 is 0 Å². The van der Waals surface area contributed by atoms with Crippen LogP contribution in [0, 0.1) is 0 Å². The van der Waals surface area contributed by atoms with E-state index in [-0.39, 0.29) is 12.5 Å². The van der Waals surface area contributed by atoms with Gasteiger partial charge in [-0.3, -0.25) is 4.79 Å². The normalized spacial score (nSPS) is 13.4. The van der Waals surface area contributed by atoms with Crippen molar-refractivity contribution in [2.75, 3.05) is 6.61 Å². The number of nitrogens with one attached hydrogen (secondary N) is 1. The number of amides is 1. The third-order valence-corrected chi connectivity index (χ3v) is 11.7. The van der Waals surface area contributed by atoms with Crippen molar-refractivity contribution in [3.8, 4) is 0 Å². The third kappa shape index (κ3) is 39.4. The van der Waals surface area contributed by atoms with E-state index in [0.717, 1.165) is 38.5 Å². The van der Waals surface area contributed by atoms with Gasteiger partial charge in [0, 0.05) is 6.42 Å². The molecule has 0 heterocycles. The molecule has 1 amide bonds. The van der Waals surface area contributed by atoms with Gasteiger partial charge in [-0.15, -0.1) is 0 Å². The van der Waals surface area contributed by atoms with Crippen molar-refractivity contribution in [1.82, 2.24) is 5.32 Å². The Morgan fingerprint density at radius 1 is 0.396 bits per heavy atom. The van der Waals surface area contributed by atoms with Gasteiger partial charge in [0.2, 0.25) is 5.91 Å². The third-order valence-electron chi connectivity index (χ3n) is 11.7. The number of carbonyl (C=O) groups is 1. The van der Waals surface area contributed by atoms with Gasteiger partial charge >= 0.3 is 0 Å². The maximum Gasteiger partial charge on any atom is 0.220 e. The lowest BCUT2D eigenvalue weighted by Gasteiger charge is -2.26. The summed E-state index contributed by atoms with van der Waals surface area (Å²) in [4.78, 5) is 12.4. The predicted molar refractivity (Wildman–Crippen MR) is 232 cm³/mol. The summed E-state index contributed by atoms with van der Waals surface area (Å²) >= 11 is 0. The lowest BCUT2D eigenvalue weighted by molar-refractivity contribution is -0.124. The summed E-state index contributed by atoms with van der Waals surface area (Å²) in [7, 11) is 0. The van der Waals surface area contributed by atoms with Crippen molar-refractivity contribution in [2.45, 2.75) is 295 Å². The molecule has 5 nitrogen and oxygen atoms in total. The number of aliphatic hydroxyl groups is 3. The molecule has 53 heavy (non-hydrogen) atoms. The molecule has 4 N–H and O–H groups in total. The van der Waals surface area contributed by atoms with Gasteiger partial charge < -0.3 is 20.6 Å². The van der Waals surface area contributed by atoms with Gasteiger partial charge in [0.1, 0.15) is 6.10 Å². The Bertz CT molecular complexity index is 703. The smallest absolute Gasteiger partial charge is 0.220 e. The van der Waals surface area contributed by atoms with E-state index in [1.807, 2.05) is 0 Å². The molecule has 0 rings (SSSR count). The van der Waals surface area contributed by atoms with Gasteiger partial charge in [0.15, 0.2) is 0 Å². The predicted octanol–water partition coefficient (Wildman–Crippen LogP) is 14.2. The van der Waals surface area contributed by atoms with Crippen molar-refractivity contribution in [1.29, 1.82) is 0 Å². The maximum atomic E-state index is 12.4. The Balaban J connectivity index is 3.39. The van der Waals surface area contributed by atoms with Crippen LogP contribution in [-0.2, 0) is 4.79 Å². The second-order valence-electron chi connectivity index (χ2n) is 17.0. The lowest BCUT2D eigenvalue weighted by Crippen LogP contribution is -2.50. The van der Waals surface area contributed by atoms with E-state index in [1.54, 1.807) is 0 Å². The standard InChI is InChI=1S/C48H97NO4/c1-3-5-7-9-11-13-14-15-16-17-18-19-20-21-22-23-24-25-26-27-28-29-30-31-32-33-34-35-37-39-41-43-47(52)49-45(44-50)48(53)46(51)42-40-38-36-12-10-8-6-4-2/h45-46,48,50-51,53H,3-44H2,1-2H3,(H,49,52). The van der Waals surface area contributed by atoms with E-state index in [1.165, 1.54) is 212 Å².